The lowest BCUT2D eigenvalue weighted by Crippen LogP contribution is -2.49. The number of carbonyl (C=O) groups is 2. The molecule has 0 saturated carbocycles. The molecule has 3 rings (SSSR count). The average Bonchev–Trinajstić information content (AvgIpc) is 2.82. The summed E-state index contributed by atoms with van der Waals surface area (Å²) in [5.74, 6) is -0.0652. The maximum absolute atomic E-state index is 13.1. The van der Waals surface area contributed by atoms with Crippen molar-refractivity contribution in [3.63, 3.8) is 0 Å². The standard InChI is InChI=1S/C26H27ClN2O3/c1-20(26(31)28-17-16-21-10-4-2-5-11-21)29(18-22-12-6-3-7-13-22)25(30)19-32-24-15-9-8-14-23(24)27/h2-15,20H,16-19H2,1H3,(H,28,31). The highest BCUT2D eigenvalue weighted by atomic mass is 35.5. The molecule has 166 valence electrons. The molecule has 0 aliphatic rings. The second kappa shape index (κ2) is 11.9. The van der Waals surface area contributed by atoms with Crippen LogP contribution in [-0.4, -0.2) is 35.9 Å². The van der Waals surface area contributed by atoms with Crippen molar-refractivity contribution in [1.82, 2.24) is 10.2 Å². The third-order valence-corrected chi connectivity index (χ3v) is 5.42. The van der Waals surface area contributed by atoms with Crippen molar-refractivity contribution in [2.75, 3.05) is 13.2 Å². The molecule has 0 bridgehead atoms. The zero-order valence-corrected chi connectivity index (χ0v) is 18.8. The number of amides is 2. The Hall–Kier alpha value is -3.31. The van der Waals surface area contributed by atoms with Gasteiger partial charge in [-0.05, 0) is 36.6 Å². The molecule has 3 aromatic carbocycles. The largest absolute Gasteiger partial charge is 0.482 e. The number of nitrogens with one attached hydrogen (secondary N) is 1. The van der Waals surface area contributed by atoms with E-state index in [1.54, 1.807) is 31.2 Å². The number of hydrogen-bond donors (Lipinski definition) is 1. The lowest BCUT2D eigenvalue weighted by molar-refractivity contribution is -0.142. The summed E-state index contributed by atoms with van der Waals surface area (Å²) >= 11 is 6.12. The van der Waals surface area contributed by atoms with Gasteiger partial charge in [-0.15, -0.1) is 0 Å². The SMILES string of the molecule is CC(C(=O)NCCc1ccccc1)N(Cc1ccccc1)C(=O)COc1ccccc1Cl. The van der Waals surface area contributed by atoms with Gasteiger partial charge >= 0.3 is 0 Å². The first-order chi connectivity index (χ1) is 15.5. The molecule has 1 atom stereocenters. The molecule has 6 heteroatoms. The predicted octanol–water partition coefficient (Wildman–Crippen LogP) is 4.50. The molecule has 0 fully saturated rings. The van der Waals surface area contributed by atoms with Gasteiger partial charge in [0.25, 0.3) is 5.91 Å². The van der Waals surface area contributed by atoms with Gasteiger partial charge < -0.3 is 15.0 Å². The van der Waals surface area contributed by atoms with Crippen LogP contribution in [0.25, 0.3) is 0 Å². The van der Waals surface area contributed by atoms with Gasteiger partial charge in [0.1, 0.15) is 11.8 Å². The second-order valence-electron chi connectivity index (χ2n) is 7.43. The quantitative estimate of drug-likeness (QED) is 0.495. The van der Waals surface area contributed by atoms with E-state index in [0.29, 0.717) is 23.9 Å². The Morgan fingerprint density at radius 3 is 2.16 bits per heavy atom. The van der Waals surface area contributed by atoms with Crippen LogP contribution in [0.5, 0.6) is 5.75 Å². The van der Waals surface area contributed by atoms with Crippen LogP contribution < -0.4 is 10.1 Å². The molecule has 1 unspecified atom stereocenters. The van der Waals surface area contributed by atoms with Crippen molar-refractivity contribution in [2.45, 2.75) is 25.9 Å². The van der Waals surface area contributed by atoms with E-state index in [1.807, 2.05) is 60.7 Å². The van der Waals surface area contributed by atoms with Crippen molar-refractivity contribution < 1.29 is 14.3 Å². The van der Waals surface area contributed by atoms with Gasteiger partial charge in [-0.3, -0.25) is 9.59 Å². The van der Waals surface area contributed by atoms with E-state index in [-0.39, 0.29) is 18.4 Å². The zero-order valence-electron chi connectivity index (χ0n) is 18.0. The molecular formula is C26H27ClN2O3. The summed E-state index contributed by atoms with van der Waals surface area (Å²) in [4.78, 5) is 27.4. The molecule has 2 amide bonds. The molecule has 5 nitrogen and oxygen atoms in total. The lowest BCUT2D eigenvalue weighted by Gasteiger charge is -2.28. The maximum Gasteiger partial charge on any atom is 0.261 e. The number of ether oxygens (including phenoxy) is 1. The zero-order chi connectivity index (χ0) is 22.8. The van der Waals surface area contributed by atoms with Crippen LogP contribution >= 0.6 is 11.6 Å². The number of benzene rings is 3. The van der Waals surface area contributed by atoms with E-state index in [0.717, 1.165) is 17.5 Å². The average molecular weight is 451 g/mol. The summed E-state index contributed by atoms with van der Waals surface area (Å²) in [6.07, 6.45) is 0.724. The molecule has 0 aromatic heterocycles. The molecule has 0 saturated heterocycles. The number of carbonyl (C=O) groups excluding carboxylic acids is 2. The van der Waals surface area contributed by atoms with Crippen LogP contribution in [0.2, 0.25) is 5.02 Å². The van der Waals surface area contributed by atoms with Crippen molar-refractivity contribution >= 4 is 23.4 Å². The Bertz CT molecular complexity index is 1010. The molecule has 3 aromatic rings. The summed E-state index contributed by atoms with van der Waals surface area (Å²) < 4.78 is 5.63. The molecule has 1 N–H and O–H groups in total. The molecule has 0 radical (unpaired) electrons. The molecule has 0 spiro atoms. The second-order valence-corrected chi connectivity index (χ2v) is 7.84. The van der Waals surface area contributed by atoms with Crippen LogP contribution in [0.1, 0.15) is 18.1 Å². The first kappa shape index (κ1) is 23.4. The summed E-state index contributed by atoms with van der Waals surface area (Å²) in [6, 6.07) is 25.8. The van der Waals surface area contributed by atoms with Gasteiger partial charge in [-0.25, -0.2) is 0 Å². The summed E-state index contributed by atoms with van der Waals surface area (Å²) in [5.41, 5.74) is 2.08. The fourth-order valence-electron chi connectivity index (χ4n) is 3.27. The highest BCUT2D eigenvalue weighted by molar-refractivity contribution is 6.32. The fraction of sp³-hybridized carbons (Fsp3) is 0.231. The Morgan fingerprint density at radius 1 is 0.906 bits per heavy atom. The first-order valence-electron chi connectivity index (χ1n) is 10.6. The van der Waals surface area contributed by atoms with E-state index in [4.69, 9.17) is 16.3 Å². The van der Waals surface area contributed by atoms with Gasteiger partial charge in [0.15, 0.2) is 6.61 Å². The van der Waals surface area contributed by atoms with Crippen LogP contribution in [-0.2, 0) is 22.6 Å². The van der Waals surface area contributed by atoms with Crippen molar-refractivity contribution in [2.24, 2.45) is 0 Å². The molecule has 0 aliphatic heterocycles. The molecule has 0 aliphatic carbocycles. The van der Waals surface area contributed by atoms with Crippen LogP contribution in [0.3, 0.4) is 0 Å². The normalized spacial score (nSPS) is 11.4. The fourth-order valence-corrected chi connectivity index (χ4v) is 3.46. The highest BCUT2D eigenvalue weighted by Gasteiger charge is 2.26. The van der Waals surface area contributed by atoms with Crippen molar-refractivity contribution in [3.8, 4) is 5.75 Å². The van der Waals surface area contributed by atoms with Crippen molar-refractivity contribution in [3.05, 3.63) is 101 Å². The van der Waals surface area contributed by atoms with Gasteiger partial charge in [0.2, 0.25) is 5.91 Å². The number of hydrogen-bond acceptors (Lipinski definition) is 3. The predicted molar refractivity (Wildman–Crippen MR) is 127 cm³/mol. The summed E-state index contributed by atoms with van der Waals surface area (Å²) in [6.45, 7) is 2.32. The van der Waals surface area contributed by atoms with E-state index in [1.165, 1.54) is 4.90 Å². The Kier molecular flexibility index (Phi) is 8.70. The number of rotatable bonds is 10. The van der Waals surface area contributed by atoms with Gasteiger partial charge in [-0.1, -0.05) is 84.4 Å². The van der Waals surface area contributed by atoms with E-state index >= 15 is 0 Å². The number of nitrogens with zero attached hydrogens (tertiary/aromatic N) is 1. The smallest absolute Gasteiger partial charge is 0.261 e. The minimum Gasteiger partial charge on any atom is -0.482 e. The van der Waals surface area contributed by atoms with Crippen LogP contribution in [0.4, 0.5) is 0 Å². The Balaban J connectivity index is 1.64. The minimum absolute atomic E-state index is 0.206. The summed E-state index contributed by atoms with van der Waals surface area (Å²) in [5, 5.41) is 3.37. The third-order valence-electron chi connectivity index (χ3n) is 5.11. The summed E-state index contributed by atoms with van der Waals surface area (Å²) in [7, 11) is 0. The minimum atomic E-state index is -0.659. The maximum atomic E-state index is 13.1. The van der Waals surface area contributed by atoms with Crippen LogP contribution in [0.15, 0.2) is 84.9 Å². The van der Waals surface area contributed by atoms with Gasteiger partial charge in [0.05, 0.1) is 5.02 Å². The van der Waals surface area contributed by atoms with Crippen molar-refractivity contribution in [1.29, 1.82) is 0 Å². The van der Waals surface area contributed by atoms with Gasteiger partial charge in [0, 0.05) is 13.1 Å². The molecule has 0 heterocycles. The number of halogens is 1. The van der Waals surface area contributed by atoms with Crippen LogP contribution in [0, 0.1) is 0 Å². The third kappa shape index (κ3) is 6.86. The van der Waals surface area contributed by atoms with E-state index in [2.05, 4.69) is 5.32 Å². The molecule has 32 heavy (non-hydrogen) atoms. The first-order valence-corrected chi connectivity index (χ1v) is 10.9. The lowest BCUT2D eigenvalue weighted by atomic mass is 10.1. The van der Waals surface area contributed by atoms with E-state index < -0.39 is 6.04 Å². The topological polar surface area (TPSA) is 58.6 Å². The Morgan fingerprint density at radius 2 is 1.50 bits per heavy atom. The highest BCUT2D eigenvalue weighted by Crippen LogP contribution is 2.23. The molecular weight excluding hydrogens is 424 g/mol. The monoisotopic (exact) mass is 450 g/mol. The number of para-hydroxylation sites is 1. The Labute approximate surface area is 194 Å². The van der Waals surface area contributed by atoms with Gasteiger partial charge in [-0.2, -0.15) is 0 Å². The van der Waals surface area contributed by atoms with E-state index in [9.17, 15) is 9.59 Å².